The van der Waals surface area contributed by atoms with Crippen LogP contribution in [0.5, 0.6) is 0 Å². The van der Waals surface area contributed by atoms with Crippen molar-refractivity contribution in [2.24, 2.45) is 0 Å². The van der Waals surface area contributed by atoms with E-state index in [1.165, 1.54) is 0 Å². The fourth-order valence-electron chi connectivity index (χ4n) is 4.08. The SMILES string of the molecule is Cc1nc(C)c(-c2nc3ccc(C(=O)CCCCn4ccnc4)cc3nc2-c2ccccc2)s1. The Labute approximate surface area is 202 Å². The van der Waals surface area contributed by atoms with Gasteiger partial charge in [0.25, 0.3) is 0 Å². The van der Waals surface area contributed by atoms with Crippen molar-refractivity contribution in [1.82, 2.24) is 24.5 Å². The number of thiazole rings is 1. The number of benzene rings is 2. The molecule has 5 rings (SSSR count). The van der Waals surface area contributed by atoms with Crippen LogP contribution >= 0.6 is 11.3 Å². The molecule has 0 spiro atoms. The highest BCUT2D eigenvalue weighted by molar-refractivity contribution is 7.15. The maximum atomic E-state index is 12.9. The molecule has 0 radical (unpaired) electrons. The predicted octanol–water partition coefficient (Wildman–Crippen LogP) is 6.29. The van der Waals surface area contributed by atoms with Crippen LogP contribution < -0.4 is 0 Å². The number of ketones is 1. The third-order valence-corrected chi connectivity index (χ3v) is 6.86. The van der Waals surface area contributed by atoms with E-state index in [9.17, 15) is 4.79 Å². The van der Waals surface area contributed by atoms with Gasteiger partial charge in [-0.2, -0.15) is 0 Å². The first kappa shape index (κ1) is 22.1. The van der Waals surface area contributed by atoms with Crippen molar-refractivity contribution in [3.8, 4) is 21.8 Å². The molecule has 0 aliphatic rings. The van der Waals surface area contributed by atoms with Gasteiger partial charge < -0.3 is 4.57 Å². The van der Waals surface area contributed by atoms with Crippen molar-refractivity contribution in [3.63, 3.8) is 0 Å². The van der Waals surface area contributed by atoms with Gasteiger partial charge in [-0.15, -0.1) is 11.3 Å². The Kier molecular flexibility index (Phi) is 6.27. The molecule has 3 heterocycles. The number of rotatable bonds is 8. The van der Waals surface area contributed by atoms with Gasteiger partial charge in [0.05, 0.1) is 38.6 Å². The molecular weight excluding hydrogens is 442 g/mol. The van der Waals surface area contributed by atoms with E-state index in [0.717, 1.165) is 62.9 Å². The molecular formula is C27H25N5OS. The van der Waals surface area contributed by atoms with Crippen LogP contribution in [0.4, 0.5) is 0 Å². The van der Waals surface area contributed by atoms with Crippen LogP contribution in [0.25, 0.3) is 32.9 Å². The topological polar surface area (TPSA) is 73.6 Å². The van der Waals surface area contributed by atoms with E-state index < -0.39 is 0 Å². The number of Topliss-reactive ketones (excluding diaryl/α,β-unsaturated/α-hetero) is 1. The second-order valence-electron chi connectivity index (χ2n) is 8.32. The summed E-state index contributed by atoms with van der Waals surface area (Å²) in [4.78, 5) is 32.5. The summed E-state index contributed by atoms with van der Waals surface area (Å²) in [6, 6.07) is 15.7. The van der Waals surface area contributed by atoms with E-state index in [2.05, 4.69) is 9.97 Å². The van der Waals surface area contributed by atoms with Gasteiger partial charge in [0.15, 0.2) is 5.78 Å². The number of carbonyl (C=O) groups excluding carboxylic acids is 1. The van der Waals surface area contributed by atoms with Crippen LogP contribution in [-0.2, 0) is 6.54 Å². The Bertz CT molecular complexity index is 1440. The lowest BCUT2D eigenvalue weighted by Crippen LogP contribution is -2.02. The van der Waals surface area contributed by atoms with Crippen molar-refractivity contribution in [1.29, 1.82) is 0 Å². The molecule has 5 aromatic rings. The van der Waals surface area contributed by atoms with Crippen LogP contribution in [-0.4, -0.2) is 30.3 Å². The summed E-state index contributed by atoms with van der Waals surface area (Å²) in [6.07, 6.45) is 7.79. The zero-order chi connectivity index (χ0) is 23.5. The molecule has 0 N–H and O–H groups in total. The van der Waals surface area contributed by atoms with E-state index in [4.69, 9.17) is 9.97 Å². The molecule has 34 heavy (non-hydrogen) atoms. The van der Waals surface area contributed by atoms with Crippen LogP contribution in [0.1, 0.15) is 40.3 Å². The molecule has 6 nitrogen and oxygen atoms in total. The number of aromatic nitrogens is 5. The summed E-state index contributed by atoms with van der Waals surface area (Å²) in [5, 5.41) is 1.00. The number of unbranched alkanes of at least 4 members (excludes halogenated alkanes) is 1. The third kappa shape index (κ3) is 4.65. The van der Waals surface area contributed by atoms with E-state index in [1.807, 2.05) is 73.1 Å². The second-order valence-corrected chi connectivity index (χ2v) is 9.52. The summed E-state index contributed by atoms with van der Waals surface area (Å²) in [5.74, 6) is 0.133. The maximum absolute atomic E-state index is 12.9. The van der Waals surface area contributed by atoms with Crippen molar-refractivity contribution < 1.29 is 4.79 Å². The van der Waals surface area contributed by atoms with Crippen LogP contribution in [0.3, 0.4) is 0 Å². The molecule has 0 fully saturated rings. The molecule has 0 saturated carbocycles. The average Bonchev–Trinajstić information content (AvgIpc) is 3.50. The summed E-state index contributed by atoms with van der Waals surface area (Å²) in [7, 11) is 0. The lowest BCUT2D eigenvalue weighted by molar-refractivity contribution is 0.0979. The van der Waals surface area contributed by atoms with Gasteiger partial charge in [-0.3, -0.25) is 4.79 Å². The molecule has 0 atom stereocenters. The van der Waals surface area contributed by atoms with Crippen molar-refractivity contribution in [3.05, 3.63) is 83.5 Å². The van der Waals surface area contributed by atoms with Crippen molar-refractivity contribution >= 4 is 28.2 Å². The van der Waals surface area contributed by atoms with Crippen LogP contribution in [0, 0.1) is 13.8 Å². The highest BCUT2D eigenvalue weighted by Gasteiger charge is 2.18. The number of nitrogens with zero attached hydrogens (tertiary/aromatic N) is 5. The first-order chi connectivity index (χ1) is 16.6. The van der Waals surface area contributed by atoms with Gasteiger partial charge in [-0.25, -0.2) is 19.9 Å². The minimum absolute atomic E-state index is 0.133. The Hall–Kier alpha value is -3.71. The van der Waals surface area contributed by atoms with E-state index in [-0.39, 0.29) is 5.78 Å². The Morgan fingerprint density at radius 3 is 2.50 bits per heavy atom. The molecule has 7 heteroatoms. The fourth-order valence-corrected chi connectivity index (χ4v) is 4.99. The molecule has 0 saturated heterocycles. The molecule has 3 aromatic heterocycles. The minimum atomic E-state index is 0.133. The zero-order valence-electron chi connectivity index (χ0n) is 19.2. The normalized spacial score (nSPS) is 11.2. The lowest BCUT2D eigenvalue weighted by Gasteiger charge is -2.10. The highest BCUT2D eigenvalue weighted by Crippen LogP contribution is 2.36. The van der Waals surface area contributed by atoms with Gasteiger partial charge in [-0.05, 0) is 44.9 Å². The average molecular weight is 468 g/mol. The maximum Gasteiger partial charge on any atom is 0.162 e. The van der Waals surface area contributed by atoms with E-state index in [0.29, 0.717) is 12.0 Å². The smallest absolute Gasteiger partial charge is 0.162 e. The van der Waals surface area contributed by atoms with Gasteiger partial charge in [0.1, 0.15) is 5.69 Å². The minimum Gasteiger partial charge on any atom is -0.337 e. The summed E-state index contributed by atoms with van der Waals surface area (Å²) < 4.78 is 2.03. The molecule has 0 unspecified atom stereocenters. The van der Waals surface area contributed by atoms with Crippen molar-refractivity contribution in [2.45, 2.75) is 39.7 Å². The zero-order valence-corrected chi connectivity index (χ0v) is 20.0. The quantitative estimate of drug-likeness (QED) is 0.198. The molecule has 2 aromatic carbocycles. The first-order valence-corrected chi connectivity index (χ1v) is 12.2. The lowest BCUT2D eigenvalue weighted by atomic mass is 10.0. The number of aryl methyl sites for hydroxylation is 3. The second kappa shape index (κ2) is 9.65. The Morgan fingerprint density at radius 1 is 0.941 bits per heavy atom. The largest absolute Gasteiger partial charge is 0.337 e. The number of carbonyl (C=O) groups is 1. The van der Waals surface area contributed by atoms with Crippen molar-refractivity contribution in [2.75, 3.05) is 0 Å². The molecule has 0 amide bonds. The number of fused-ring (bicyclic) bond motifs is 1. The Morgan fingerprint density at radius 2 is 1.76 bits per heavy atom. The third-order valence-electron chi connectivity index (χ3n) is 5.78. The summed E-state index contributed by atoms with van der Waals surface area (Å²) >= 11 is 1.63. The Balaban J connectivity index is 1.45. The first-order valence-electron chi connectivity index (χ1n) is 11.4. The molecule has 170 valence electrons. The fraction of sp³-hybridized carbons (Fsp3) is 0.222. The highest BCUT2D eigenvalue weighted by atomic mass is 32.1. The number of hydrogen-bond donors (Lipinski definition) is 0. The van der Waals surface area contributed by atoms with Gasteiger partial charge in [0.2, 0.25) is 0 Å². The predicted molar refractivity (Wildman–Crippen MR) is 136 cm³/mol. The molecule has 0 bridgehead atoms. The standard InChI is InChI=1S/C27H25N5OS/c1-18-27(34-19(2)29-18)26-25(20-8-4-3-5-9-20)31-23-16-21(11-12-22(23)30-26)24(33)10-6-7-14-32-15-13-28-17-32/h3-5,8-9,11-13,15-17H,6-7,10,14H2,1-2H3. The molecule has 0 aliphatic carbocycles. The van der Waals surface area contributed by atoms with Gasteiger partial charge in [-0.1, -0.05) is 30.3 Å². The van der Waals surface area contributed by atoms with Gasteiger partial charge in [0, 0.05) is 36.5 Å². The number of hydrogen-bond acceptors (Lipinski definition) is 6. The number of imidazole rings is 1. The van der Waals surface area contributed by atoms with Gasteiger partial charge >= 0.3 is 0 Å². The monoisotopic (exact) mass is 467 g/mol. The van der Waals surface area contributed by atoms with E-state index in [1.54, 1.807) is 23.9 Å². The van der Waals surface area contributed by atoms with E-state index >= 15 is 0 Å². The summed E-state index contributed by atoms with van der Waals surface area (Å²) in [6.45, 7) is 4.88. The molecule has 0 aliphatic heterocycles. The van der Waals surface area contributed by atoms with Crippen LogP contribution in [0.2, 0.25) is 0 Å². The van der Waals surface area contributed by atoms with Crippen LogP contribution in [0.15, 0.2) is 67.3 Å². The summed E-state index contributed by atoms with van der Waals surface area (Å²) in [5.41, 5.74) is 5.78.